The molecule has 1 aliphatic carbocycles. The third kappa shape index (κ3) is 4.21. The van der Waals surface area contributed by atoms with Gasteiger partial charge in [0, 0.05) is 11.1 Å². The van der Waals surface area contributed by atoms with E-state index in [-0.39, 0.29) is 17.5 Å². The first-order valence-corrected chi connectivity index (χ1v) is 10.6. The van der Waals surface area contributed by atoms with Crippen molar-refractivity contribution in [2.24, 2.45) is 0 Å². The van der Waals surface area contributed by atoms with Crippen molar-refractivity contribution >= 4 is 5.57 Å². The maximum absolute atomic E-state index is 15.2. The summed E-state index contributed by atoms with van der Waals surface area (Å²) in [4.78, 5) is 0. The maximum Gasteiger partial charge on any atom is 0.134 e. The van der Waals surface area contributed by atoms with Crippen LogP contribution in [0.25, 0.3) is 16.7 Å². The predicted octanol–water partition coefficient (Wildman–Crippen LogP) is 7.69. The van der Waals surface area contributed by atoms with Gasteiger partial charge in [-0.3, -0.25) is 0 Å². The smallest absolute Gasteiger partial charge is 0.134 e. The molecule has 0 radical (unpaired) electrons. The van der Waals surface area contributed by atoms with E-state index in [4.69, 9.17) is 0 Å². The zero-order chi connectivity index (χ0) is 21.1. The quantitative estimate of drug-likeness (QED) is 0.368. The van der Waals surface area contributed by atoms with Gasteiger partial charge >= 0.3 is 0 Å². The Bertz CT molecular complexity index is 1080. The summed E-state index contributed by atoms with van der Waals surface area (Å²) in [5.74, 6) is -0.827. The van der Waals surface area contributed by atoms with Gasteiger partial charge in [0.2, 0.25) is 0 Å². The first-order valence-electron chi connectivity index (χ1n) is 10.6. The van der Waals surface area contributed by atoms with E-state index in [1.54, 1.807) is 24.3 Å². The van der Waals surface area contributed by atoms with E-state index in [0.29, 0.717) is 35.1 Å². The molecule has 0 saturated carbocycles. The van der Waals surface area contributed by atoms with Crippen molar-refractivity contribution in [1.29, 1.82) is 0 Å². The van der Waals surface area contributed by atoms with Crippen molar-refractivity contribution in [3.05, 3.63) is 100 Å². The van der Waals surface area contributed by atoms with Crippen molar-refractivity contribution < 1.29 is 13.2 Å². The predicted molar refractivity (Wildman–Crippen MR) is 117 cm³/mol. The van der Waals surface area contributed by atoms with Gasteiger partial charge in [-0.15, -0.1) is 0 Å². The SMILES string of the molecule is CCCCCc1ccc(C2=CCc3c(ccc(-c4ccc(F)cc4)c3F)C2)c(F)c1. The van der Waals surface area contributed by atoms with Crippen LogP contribution in [-0.2, 0) is 19.3 Å². The number of hydrogen-bond donors (Lipinski definition) is 0. The Labute approximate surface area is 176 Å². The van der Waals surface area contributed by atoms with Crippen LogP contribution in [0.5, 0.6) is 0 Å². The Morgan fingerprint density at radius 1 is 0.833 bits per heavy atom. The fourth-order valence-electron chi connectivity index (χ4n) is 4.16. The molecule has 0 fully saturated rings. The zero-order valence-corrected chi connectivity index (χ0v) is 17.2. The van der Waals surface area contributed by atoms with E-state index in [1.807, 2.05) is 24.3 Å². The monoisotopic (exact) mass is 406 g/mol. The summed E-state index contributed by atoms with van der Waals surface area (Å²) in [6, 6.07) is 15.0. The van der Waals surface area contributed by atoms with E-state index in [1.165, 1.54) is 12.1 Å². The molecule has 0 aromatic heterocycles. The lowest BCUT2D eigenvalue weighted by atomic mass is 9.85. The highest BCUT2D eigenvalue weighted by molar-refractivity contribution is 5.73. The number of halogens is 3. The molecule has 0 nitrogen and oxygen atoms in total. The Balaban J connectivity index is 1.57. The lowest BCUT2D eigenvalue weighted by Crippen LogP contribution is -2.07. The Hall–Kier alpha value is -2.81. The largest absolute Gasteiger partial charge is 0.207 e. The van der Waals surface area contributed by atoms with Crippen molar-refractivity contribution in [2.45, 2.75) is 45.4 Å². The summed E-state index contributed by atoms with van der Waals surface area (Å²) in [5.41, 5.74) is 5.15. The highest BCUT2D eigenvalue weighted by Gasteiger charge is 2.20. The normalized spacial score (nSPS) is 13.1. The van der Waals surface area contributed by atoms with Gasteiger partial charge in [-0.2, -0.15) is 0 Å². The minimum atomic E-state index is -0.344. The van der Waals surface area contributed by atoms with Crippen LogP contribution < -0.4 is 0 Å². The third-order valence-corrected chi connectivity index (χ3v) is 5.88. The number of unbranched alkanes of at least 4 members (excludes halogenated alkanes) is 2. The lowest BCUT2D eigenvalue weighted by Gasteiger charge is -2.20. The van der Waals surface area contributed by atoms with Gasteiger partial charge < -0.3 is 0 Å². The topological polar surface area (TPSA) is 0 Å². The molecular weight excluding hydrogens is 381 g/mol. The van der Waals surface area contributed by atoms with Crippen molar-refractivity contribution in [2.75, 3.05) is 0 Å². The van der Waals surface area contributed by atoms with Gasteiger partial charge in [-0.25, -0.2) is 13.2 Å². The van der Waals surface area contributed by atoms with Gasteiger partial charge in [0.15, 0.2) is 0 Å². The summed E-state index contributed by atoms with van der Waals surface area (Å²) in [5, 5.41) is 0. The Morgan fingerprint density at radius 3 is 2.33 bits per heavy atom. The third-order valence-electron chi connectivity index (χ3n) is 5.88. The molecule has 0 amide bonds. The first kappa shape index (κ1) is 20.5. The number of aryl methyl sites for hydroxylation is 1. The fourth-order valence-corrected chi connectivity index (χ4v) is 4.16. The molecule has 0 aliphatic heterocycles. The zero-order valence-electron chi connectivity index (χ0n) is 17.2. The van der Waals surface area contributed by atoms with Crippen LogP contribution in [0.2, 0.25) is 0 Å². The Kier molecular flexibility index (Phi) is 6.08. The Morgan fingerprint density at radius 2 is 1.60 bits per heavy atom. The van der Waals surface area contributed by atoms with Gasteiger partial charge in [0.25, 0.3) is 0 Å². The number of allylic oxidation sites excluding steroid dienone is 2. The standard InChI is InChI=1S/C27H25F3/c1-2-3-4-5-18-6-13-23(26(29)16-18)20-9-15-25-21(17-20)10-14-24(27(25)30)19-7-11-22(28)12-8-19/h6-14,16H,2-5,15,17H2,1H3. The van der Waals surface area contributed by atoms with E-state index in [0.717, 1.165) is 42.4 Å². The van der Waals surface area contributed by atoms with Gasteiger partial charge in [0.1, 0.15) is 17.5 Å². The molecule has 4 rings (SSSR count). The second kappa shape index (κ2) is 8.91. The van der Waals surface area contributed by atoms with Gasteiger partial charge in [-0.1, -0.05) is 62.2 Å². The second-order valence-electron chi connectivity index (χ2n) is 7.95. The molecule has 0 saturated heterocycles. The molecule has 0 N–H and O–H groups in total. The molecule has 3 heteroatoms. The number of hydrogen-bond acceptors (Lipinski definition) is 0. The van der Waals surface area contributed by atoms with Crippen LogP contribution in [0.4, 0.5) is 13.2 Å². The number of fused-ring (bicyclic) bond motifs is 1. The molecule has 0 atom stereocenters. The second-order valence-corrected chi connectivity index (χ2v) is 7.95. The van der Waals surface area contributed by atoms with Crippen molar-refractivity contribution in [3.8, 4) is 11.1 Å². The van der Waals surface area contributed by atoms with Gasteiger partial charge in [-0.05, 0) is 71.7 Å². The average Bonchev–Trinajstić information content (AvgIpc) is 2.75. The molecule has 154 valence electrons. The van der Waals surface area contributed by atoms with E-state index >= 15 is 4.39 Å². The highest BCUT2D eigenvalue weighted by atomic mass is 19.1. The number of rotatable bonds is 6. The van der Waals surface area contributed by atoms with Crippen molar-refractivity contribution in [3.63, 3.8) is 0 Å². The molecule has 3 aromatic carbocycles. The van der Waals surface area contributed by atoms with Crippen LogP contribution >= 0.6 is 0 Å². The van der Waals surface area contributed by atoms with E-state index in [2.05, 4.69) is 6.92 Å². The molecule has 0 unspecified atom stereocenters. The first-order chi connectivity index (χ1) is 14.6. The average molecular weight is 406 g/mol. The van der Waals surface area contributed by atoms with Crippen LogP contribution in [-0.4, -0.2) is 0 Å². The molecule has 1 aliphatic rings. The van der Waals surface area contributed by atoms with Crippen LogP contribution in [0.3, 0.4) is 0 Å². The van der Waals surface area contributed by atoms with E-state index in [9.17, 15) is 8.78 Å². The summed E-state index contributed by atoms with van der Waals surface area (Å²) in [6.07, 6.45) is 7.11. The summed E-state index contributed by atoms with van der Waals surface area (Å²) >= 11 is 0. The molecule has 3 aromatic rings. The van der Waals surface area contributed by atoms with Crippen molar-refractivity contribution in [1.82, 2.24) is 0 Å². The van der Waals surface area contributed by atoms with Crippen LogP contribution in [0.15, 0.2) is 60.7 Å². The minimum absolute atomic E-state index is 0.206. The molecule has 0 spiro atoms. The summed E-state index contributed by atoms with van der Waals surface area (Å²) in [7, 11) is 0. The summed E-state index contributed by atoms with van der Waals surface area (Å²) in [6.45, 7) is 2.16. The van der Waals surface area contributed by atoms with Crippen LogP contribution in [0.1, 0.15) is 48.4 Å². The molecule has 0 bridgehead atoms. The molecular formula is C27H25F3. The van der Waals surface area contributed by atoms with Crippen LogP contribution in [0, 0.1) is 17.5 Å². The molecule has 30 heavy (non-hydrogen) atoms. The minimum Gasteiger partial charge on any atom is -0.207 e. The highest BCUT2D eigenvalue weighted by Crippen LogP contribution is 2.34. The maximum atomic E-state index is 15.2. The molecule has 0 heterocycles. The van der Waals surface area contributed by atoms with E-state index < -0.39 is 0 Å². The fraction of sp³-hybridized carbons (Fsp3) is 0.259. The summed E-state index contributed by atoms with van der Waals surface area (Å²) < 4.78 is 43.1. The number of benzene rings is 3. The van der Waals surface area contributed by atoms with Gasteiger partial charge in [0.05, 0.1) is 0 Å². The lowest BCUT2D eigenvalue weighted by molar-refractivity contribution is 0.612.